The van der Waals surface area contributed by atoms with Crippen molar-refractivity contribution in [1.29, 1.82) is 0 Å². The van der Waals surface area contributed by atoms with E-state index in [2.05, 4.69) is 14.9 Å². The SMILES string of the molecule is O=c1[nH]c(-c2ccccc2)nc2c1CN(Cc1cccc(Cl)c1Cl)CC2. The van der Waals surface area contributed by atoms with Crippen molar-refractivity contribution in [3.63, 3.8) is 0 Å². The highest BCUT2D eigenvalue weighted by Gasteiger charge is 2.22. The first-order valence-electron chi connectivity index (χ1n) is 8.44. The normalized spacial score (nSPS) is 14.2. The highest BCUT2D eigenvalue weighted by molar-refractivity contribution is 6.42. The number of nitrogens with one attached hydrogen (secondary N) is 1. The van der Waals surface area contributed by atoms with Crippen LogP contribution in [0.5, 0.6) is 0 Å². The summed E-state index contributed by atoms with van der Waals surface area (Å²) in [5, 5.41) is 1.13. The van der Waals surface area contributed by atoms with E-state index in [4.69, 9.17) is 23.2 Å². The quantitative estimate of drug-likeness (QED) is 0.730. The van der Waals surface area contributed by atoms with Crippen LogP contribution in [0.3, 0.4) is 0 Å². The van der Waals surface area contributed by atoms with Gasteiger partial charge < -0.3 is 4.98 Å². The molecule has 1 N–H and O–H groups in total. The highest BCUT2D eigenvalue weighted by atomic mass is 35.5. The number of H-pyrrole nitrogens is 1. The van der Waals surface area contributed by atoms with E-state index in [9.17, 15) is 4.79 Å². The molecule has 4 nitrogen and oxygen atoms in total. The van der Waals surface area contributed by atoms with Crippen LogP contribution in [0.1, 0.15) is 16.8 Å². The van der Waals surface area contributed by atoms with E-state index in [1.807, 2.05) is 42.5 Å². The molecule has 0 aliphatic carbocycles. The van der Waals surface area contributed by atoms with Crippen LogP contribution in [0.4, 0.5) is 0 Å². The minimum atomic E-state index is -0.0734. The Kier molecular flexibility index (Phi) is 4.81. The summed E-state index contributed by atoms with van der Waals surface area (Å²) in [7, 11) is 0. The van der Waals surface area contributed by atoms with Crippen LogP contribution in [-0.2, 0) is 19.5 Å². The van der Waals surface area contributed by atoms with Crippen molar-refractivity contribution >= 4 is 23.2 Å². The summed E-state index contributed by atoms with van der Waals surface area (Å²) in [5.74, 6) is 0.626. The second kappa shape index (κ2) is 7.23. The molecule has 0 fully saturated rings. The molecule has 0 saturated carbocycles. The van der Waals surface area contributed by atoms with Crippen molar-refractivity contribution in [2.75, 3.05) is 6.54 Å². The highest BCUT2D eigenvalue weighted by Crippen LogP contribution is 2.28. The molecule has 0 bridgehead atoms. The number of aromatic nitrogens is 2. The number of rotatable bonds is 3. The first kappa shape index (κ1) is 17.3. The van der Waals surface area contributed by atoms with Gasteiger partial charge >= 0.3 is 0 Å². The lowest BCUT2D eigenvalue weighted by Crippen LogP contribution is -2.35. The predicted molar refractivity (Wildman–Crippen MR) is 105 cm³/mol. The van der Waals surface area contributed by atoms with Crippen molar-refractivity contribution in [2.24, 2.45) is 0 Å². The van der Waals surface area contributed by atoms with Gasteiger partial charge in [0, 0.05) is 31.6 Å². The molecule has 1 aromatic heterocycles. The molecule has 1 aliphatic rings. The average Bonchev–Trinajstić information content (AvgIpc) is 2.66. The molecule has 3 aromatic rings. The van der Waals surface area contributed by atoms with Crippen molar-refractivity contribution in [1.82, 2.24) is 14.9 Å². The molecular formula is C20H17Cl2N3O. The molecule has 4 rings (SSSR count). The monoisotopic (exact) mass is 385 g/mol. The van der Waals surface area contributed by atoms with Gasteiger partial charge in [-0.25, -0.2) is 4.98 Å². The van der Waals surface area contributed by atoms with Crippen molar-refractivity contribution in [3.8, 4) is 11.4 Å². The van der Waals surface area contributed by atoms with Crippen LogP contribution in [0.2, 0.25) is 10.0 Å². The number of aromatic amines is 1. The Morgan fingerprint density at radius 3 is 2.69 bits per heavy atom. The topological polar surface area (TPSA) is 49.0 Å². The van der Waals surface area contributed by atoms with Gasteiger partial charge in [0.15, 0.2) is 0 Å². The van der Waals surface area contributed by atoms with Crippen LogP contribution in [-0.4, -0.2) is 21.4 Å². The molecule has 26 heavy (non-hydrogen) atoms. The number of hydrogen-bond acceptors (Lipinski definition) is 3. The van der Waals surface area contributed by atoms with Crippen LogP contribution in [0.25, 0.3) is 11.4 Å². The van der Waals surface area contributed by atoms with Gasteiger partial charge in [-0.3, -0.25) is 9.69 Å². The van der Waals surface area contributed by atoms with Crippen LogP contribution in [0, 0.1) is 0 Å². The van der Waals surface area contributed by atoms with E-state index >= 15 is 0 Å². The summed E-state index contributed by atoms with van der Waals surface area (Å²) in [6.07, 6.45) is 0.733. The molecule has 2 heterocycles. The fraction of sp³-hybridized carbons (Fsp3) is 0.200. The lowest BCUT2D eigenvalue weighted by molar-refractivity contribution is 0.242. The van der Waals surface area contributed by atoms with Crippen LogP contribution < -0.4 is 5.56 Å². The summed E-state index contributed by atoms with van der Waals surface area (Å²) < 4.78 is 0. The first-order valence-corrected chi connectivity index (χ1v) is 9.20. The summed E-state index contributed by atoms with van der Waals surface area (Å²) in [5.41, 5.74) is 3.42. The molecule has 1 aliphatic heterocycles. The fourth-order valence-corrected chi connectivity index (χ4v) is 3.64. The number of hydrogen-bond donors (Lipinski definition) is 1. The minimum Gasteiger partial charge on any atom is -0.306 e. The van der Waals surface area contributed by atoms with Crippen LogP contribution in [0.15, 0.2) is 53.3 Å². The zero-order chi connectivity index (χ0) is 18.1. The third-order valence-corrected chi connectivity index (χ3v) is 5.48. The minimum absolute atomic E-state index is 0.0734. The Bertz CT molecular complexity index is 1000. The van der Waals surface area contributed by atoms with E-state index in [0.29, 0.717) is 29.0 Å². The van der Waals surface area contributed by atoms with Gasteiger partial charge in [-0.15, -0.1) is 0 Å². The molecule has 132 valence electrons. The second-order valence-corrected chi connectivity index (χ2v) is 7.16. The predicted octanol–water partition coefficient (Wildman–Crippen LogP) is 4.30. The van der Waals surface area contributed by atoms with E-state index in [0.717, 1.165) is 35.3 Å². The zero-order valence-electron chi connectivity index (χ0n) is 14.0. The Hall–Kier alpha value is -2.14. The van der Waals surface area contributed by atoms with Crippen LogP contribution >= 0.6 is 23.2 Å². The largest absolute Gasteiger partial charge is 0.306 e. The van der Waals surface area contributed by atoms with Crippen molar-refractivity contribution in [2.45, 2.75) is 19.5 Å². The summed E-state index contributed by atoms with van der Waals surface area (Å²) in [6, 6.07) is 15.3. The second-order valence-electron chi connectivity index (χ2n) is 6.38. The van der Waals surface area contributed by atoms with Crippen molar-refractivity contribution < 1.29 is 0 Å². The molecular weight excluding hydrogens is 369 g/mol. The van der Waals surface area contributed by atoms with Gasteiger partial charge in [0.1, 0.15) is 5.82 Å². The average molecular weight is 386 g/mol. The molecule has 6 heteroatoms. The number of benzene rings is 2. The Morgan fingerprint density at radius 1 is 1.08 bits per heavy atom. The zero-order valence-corrected chi connectivity index (χ0v) is 15.5. The third-order valence-electron chi connectivity index (χ3n) is 4.62. The molecule has 0 radical (unpaired) electrons. The lowest BCUT2D eigenvalue weighted by Gasteiger charge is -2.28. The maximum absolute atomic E-state index is 12.6. The Morgan fingerprint density at radius 2 is 1.88 bits per heavy atom. The molecule has 0 unspecified atom stereocenters. The fourth-order valence-electron chi connectivity index (χ4n) is 3.26. The molecule has 0 amide bonds. The van der Waals surface area contributed by atoms with Gasteiger partial charge in [-0.05, 0) is 11.6 Å². The van der Waals surface area contributed by atoms with E-state index < -0.39 is 0 Å². The van der Waals surface area contributed by atoms with E-state index in [1.54, 1.807) is 6.07 Å². The number of nitrogens with zero attached hydrogens (tertiary/aromatic N) is 2. The summed E-state index contributed by atoms with van der Waals surface area (Å²) in [6.45, 7) is 2.02. The maximum Gasteiger partial charge on any atom is 0.255 e. The maximum atomic E-state index is 12.6. The number of halogens is 2. The summed E-state index contributed by atoms with van der Waals surface area (Å²) >= 11 is 12.4. The van der Waals surface area contributed by atoms with Gasteiger partial charge in [0.25, 0.3) is 5.56 Å². The first-order chi connectivity index (χ1) is 12.6. The Labute approximate surface area is 161 Å². The molecule has 0 atom stereocenters. The molecule has 0 spiro atoms. The van der Waals surface area contributed by atoms with Gasteiger partial charge in [0.05, 0.1) is 21.3 Å². The summed E-state index contributed by atoms with van der Waals surface area (Å²) in [4.78, 5) is 22.4. The standard InChI is InChI=1S/C20H17Cl2N3O/c21-16-8-4-7-14(18(16)22)11-25-10-9-17-15(12-25)20(26)24-19(23-17)13-5-2-1-3-6-13/h1-8H,9-12H2,(H,23,24,26). The van der Waals surface area contributed by atoms with Gasteiger partial charge in [0.2, 0.25) is 0 Å². The lowest BCUT2D eigenvalue weighted by atomic mass is 10.1. The number of fused-ring (bicyclic) bond motifs is 1. The smallest absolute Gasteiger partial charge is 0.255 e. The van der Waals surface area contributed by atoms with Gasteiger partial charge in [-0.1, -0.05) is 65.7 Å². The third kappa shape index (κ3) is 3.40. The van der Waals surface area contributed by atoms with E-state index in [-0.39, 0.29) is 5.56 Å². The molecule has 0 saturated heterocycles. The van der Waals surface area contributed by atoms with Crippen molar-refractivity contribution in [3.05, 3.63) is 85.8 Å². The Balaban J connectivity index is 1.60. The van der Waals surface area contributed by atoms with Gasteiger partial charge in [-0.2, -0.15) is 0 Å². The van der Waals surface area contributed by atoms with E-state index in [1.165, 1.54) is 0 Å². The molecule has 2 aromatic carbocycles.